The summed E-state index contributed by atoms with van der Waals surface area (Å²) >= 11 is 15.1. The monoisotopic (exact) mass is 724 g/mol. The standard InChI is InChI=1S/C17H8ClFN4.C12H5ClFN3.C5H4BrN/c18-16-11-23(15-8-12(10-20)7-13(19)9-15)22-17(16)5-4-14-3-1-2-6-21-14;1-2-12-11(13)7-17(16-12)10-4-8(6-15)3-9(14)5-10;6-5-3-1-2-4-7-5/h1-3,6-9,11H;1,3-5,7H;1-4H. The lowest BCUT2D eigenvalue weighted by atomic mass is 10.2. The van der Waals surface area contributed by atoms with Gasteiger partial charge in [-0.1, -0.05) is 35.3 Å². The highest BCUT2D eigenvalue weighted by Crippen LogP contribution is 2.20. The molecule has 8 nitrogen and oxygen atoms in total. The SMILES string of the molecule is Brc1ccccn1.C#Cc1nn(-c2cc(F)cc(C#N)c2)cc1Cl.N#Cc1cc(F)cc(-n2cc(Cl)c(C#Cc3ccccn3)n2)c1. The highest BCUT2D eigenvalue weighted by molar-refractivity contribution is 9.10. The Kier molecular flexibility index (Phi) is 11.9. The molecule has 228 valence electrons. The molecule has 0 aliphatic carbocycles. The van der Waals surface area contributed by atoms with Crippen LogP contribution in [0.25, 0.3) is 11.4 Å². The minimum atomic E-state index is -0.521. The summed E-state index contributed by atoms with van der Waals surface area (Å²) in [6, 6.07) is 22.6. The van der Waals surface area contributed by atoms with Crippen molar-refractivity contribution in [2.45, 2.75) is 0 Å². The Morgan fingerprint density at radius 1 is 0.702 bits per heavy atom. The molecule has 6 aromatic rings. The van der Waals surface area contributed by atoms with E-state index in [2.05, 4.69) is 53.9 Å². The molecular weight excluding hydrogens is 709 g/mol. The number of terminal acetylenes is 1. The molecule has 4 aromatic heterocycles. The van der Waals surface area contributed by atoms with Crippen LogP contribution in [0.2, 0.25) is 10.0 Å². The van der Waals surface area contributed by atoms with Crippen molar-refractivity contribution in [3.8, 4) is 47.7 Å². The van der Waals surface area contributed by atoms with Gasteiger partial charge in [0, 0.05) is 12.4 Å². The summed E-state index contributed by atoms with van der Waals surface area (Å²) < 4.78 is 30.3. The maximum atomic E-state index is 13.5. The lowest BCUT2D eigenvalue weighted by Gasteiger charge is -2.01. The smallest absolute Gasteiger partial charge is 0.154 e. The van der Waals surface area contributed by atoms with Crippen molar-refractivity contribution in [3.63, 3.8) is 0 Å². The summed E-state index contributed by atoms with van der Waals surface area (Å²) in [5.41, 5.74) is 2.41. The van der Waals surface area contributed by atoms with Crippen LogP contribution in [0, 0.1) is 58.5 Å². The van der Waals surface area contributed by atoms with E-state index >= 15 is 0 Å². The van der Waals surface area contributed by atoms with Crippen molar-refractivity contribution >= 4 is 39.1 Å². The van der Waals surface area contributed by atoms with E-state index in [4.69, 9.17) is 40.1 Å². The fourth-order valence-corrected chi connectivity index (χ4v) is 4.23. The maximum absolute atomic E-state index is 13.5. The largest absolute Gasteiger partial charge is 0.249 e. The molecule has 2 aromatic carbocycles. The molecule has 0 spiro atoms. The fraction of sp³-hybridized carbons (Fsp3) is 0. The quantitative estimate of drug-likeness (QED) is 0.134. The van der Waals surface area contributed by atoms with E-state index in [1.165, 1.54) is 46.0 Å². The van der Waals surface area contributed by atoms with E-state index in [1.54, 1.807) is 24.5 Å². The maximum Gasteiger partial charge on any atom is 0.154 e. The van der Waals surface area contributed by atoms with Crippen LogP contribution in [0.4, 0.5) is 8.78 Å². The summed E-state index contributed by atoms with van der Waals surface area (Å²) in [6.07, 6.45) is 11.5. The average Bonchev–Trinajstić information content (AvgIpc) is 3.66. The molecule has 0 aliphatic heterocycles. The first-order chi connectivity index (χ1) is 22.7. The molecule has 0 amide bonds. The van der Waals surface area contributed by atoms with Gasteiger partial charge in [0.1, 0.15) is 21.9 Å². The first kappa shape index (κ1) is 34.1. The van der Waals surface area contributed by atoms with Crippen LogP contribution >= 0.6 is 39.1 Å². The molecule has 0 atom stereocenters. The molecule has 0 fully saturated rings. The normalized spacial score (nSPS) is 9.57. The zero-order valence-corrected chi connectivity index (χ0v) is 26.9. The molecule has 13 heteroatoms. The number of benzene rings is 2. The van der Waals surface area contributed by atoms with Gasteiger partial charge >= 0.3 is 0 Å². The summed E-state index contributed by atoms with van der Waals surface area (Å²) in [4.78, 5) is 7.98. The number of hydrogen-bond acceptors (Lipinski definition) is 6. The predicted octanol–water partition coefficient (Wildman–Crippen LogP) is 7.69. The second kappa shape index (κ2) is 16.5. The van der Waals surface area contributed by atoms with Crippen LogP contribution < -0.4 is 0 Å². The van der Waals surface area contributed by atoms with Crippen molar-refractivity contribution in [2.24, 2.45) is 0 Å². The van der Waals surface area contributed by atoms with E-state index in [-0.39, 0.29) is 16.8 Å². The van der Waals surface area contributed by atoms with Crippen LogP contribution in [-0.2, 0) is 0 Å². The van der Waals surface area contributed by atoms with Crippen molar-refractivity contribution in [2.75, 3.05) is 0 Å². The molecule has 0 N–H and O–H groups in total. The van der Waals surface area contributed by atoms with Gasteiger partial charge in [0.05, 0.1) is 57.1 Å². The van der Waals surface area contributed by atoms with Crippen LogP contribution in [0.3, 0.4) is 0 Å². The van der Waals surface area contributed by atoms with Gasteiger partial charge in [0.15, 0.2) is 11.4 Å². The highest BCUT2D eigenvalue weighted by Gasteiger charge is 2.10. The number of halogens is 5. The molecule has 4 heterocycles. The Hall–Kier alpha value is -5.82. The summed E-state index contributed by atoms with van der Waals surface area (Å²) in [5.74, 6) is 6.94. The zero-order valence-electron chi connectivity index (χ0n) is 23.8. The Labute approximate surface area is 286 Å². The molecule has 6 rings (SSSR count). The van der Waals surface area contributed by atoms with E-state index in [1.807, 2.05) is 36.4 Å². The number of nitrogens with zero attached hydrogens (tertiary/aromatic N) is 8. The number of hydrogen-bond donors (Lipinski definition) is 0. The fourth-order valence-electron chi connectivity index (χ4n) is 3.60. The zero-order chi connectivity index (χ0) is 33.8. The number of pyridine rings is 2. The summed E-state index contributed by atoms with van der Waals surface area (Å²) in [7, 11) is 0. The van der Waals surface area contributed by atoms with Crippen molar-refractivity contribution in [3.05, 3.63) is 152 Å². The Balaban J connectivity index is 0.000000182. The lowest BCUT2D eigenvalue weighted by molar-refractivity contribution is 0.624. The van der Waals surface area contributed by atoms with Crippen LogP contribution in [-0.4, -0.2) is 29.5 Å². The van der Waals surface area contributed by atoms with Gasteiger partial charge in [-0.15, -0.1) is 6.42 Å². The summed E-state index contributed by atoms with van der Waals surface area (Å²) in [5, 5.41) is 26.5. The Morgan fingerprint density at radius 3 is 1.66 bits per heavy atom. The molecule has 0 aliphatic rings. The van der Waals surface area contributed by atoms with Gasteiger partial charge in [0.2, 0.25) is 0 Å². The van der Waals surface area contributed by atoms with E-state index in [0.717, 1.165) is 16.7 Å². The van der Waals surface area contributed by atoms with E-state index < -0.39 is 11.6 Å². The van der Waals surface area contributed by atoms with Gasteiger partial charge < -0.3 is 0 Å². The van der Waals surface area contributed by atoms with Crippen LogP contribution in [0.15, 0.2) is 102 Å². The van der Waals surface area contributed by atoms with E-state index in [9.17, 15) is 8.78 Å². The molecule has 0 unspecified atom stereocenters. The van der Waals surface area contributed by atoms with Crippen molar-refractivity contribution < 1.29 is 8.78 Å². The Bertz CT molecular complexity index is 2210. The lowest BCUT2D eigenvalue weighted by Crippen LogP contribution is -1.97. The molecule has 0 bridgehead atoms. The topological polar surface area (TPSA) is 109 Å². The summed E-state index contributed by atoms with van der Waals surface area (Å²) in [6.45, 7) is 0. The second-order valence-electron chi connectivity index (χ2n) is 8.92. The first-order valence-electron chi connectivity index (χ1n) is 13.1. The molecular formula is C34H17BrCl2F2N8. The third-order valence-corrected chi connectivity index (χ3v) is 6.65. The number of nitriles is 2. The highest BCUT2D eigenvalue weighted by atomic mass is 79.9. The number of rotatable bonds is 2. The van der Waals surface area contributed by atoms with Gasteiger partial charge in [-0.2, -0.15) is 20.7 Å². The van der Waals surface area contributed by atoms with E-state index in [0.29, 0.717) is 32.8 Å². The second-order valence-corrected chi connectivity index (χ2v) is 10.5. The molecule has 0 saturated carbocycles. The number of aromatic nitrogens is 6. The third-order valence-electron chi connectivity index (χ3n) is 5.63. The minimum absolute atomic E-state index is 0.202. The van der Waals surface area contributed by atoms with Crippen LogP contribution in [0.5, 0.6) is 0 Å². The van der Waals surface area contributed by atoms with Gasteiger partial charge in [-0.05, 0) is 94.4 Å². The third kappa shape index (κ3) is 9.83. The van der Waals surface area contributed by atoms with Gasteiger partial charge in [-0.25, -0.2) is 28.1 Å². The van der Waals surface area contributed by atoms with Gasteiger partial charge in [0.25, 0.3) is 0 Å². The van der Waals surface area contributed by atoms with Gasteiger partial charge in [-0.3, -0.25) is 0 Å². The van der Waals surface area contributed by atoms with Crippen molar-refractivity contribution in [1.82, 2.24) is 29.5 Å². The van der Waals surface area contributed by atoms with Crippen molar-refractivity contribution in [1.29, 1.82) is 10.5 Å². The molecule has 47 heavy (non-hydrogen) atoms. The first-order valence-corrected chi connectivity index (χ1v) is 14.6. The molecule has 0 radical (unpaired) electrons. The Morgan fingerprint density at radius 2 is 1.23 bits per heavy atom. The minimum Gasteiger partial charge on any atom is -0.249 e. The average molecular weight is 726 g/mol. The molecule has 0 saturated heterocycles. The predicted molar refractivity (Wildman–Crippen MR) is 177 cm³/mol. The van der Waals surface area contributed by atoms with Crippen LogP contribution in [0.1, 0.15) is 28.2 Å².